The largest absolute Gasteiger partial charge is 0.364 e. The lowest BCUT2D eigenvalue weighted by Crippen LogP contribution is -2.49. The Balaban J connectivity index is 1.27. The summed E-state index contributed by atoms with van der Waals surface area (Å²) in [6.45, 7) is 6.77. The van der Waals surface area contributed by atoms with Gasteiger partial charge in [-0.2, -0.15) is 10.4 Å². The molecule has 1 fully saturated rings. The minimum Gasteiger partial charge on any atom is -0.364 e. The van der Waals surface area contributed by atoms with Crippen molar-refractivity contribution in [3.63, 3.8) is 0 Å². The summed E-state index contributed by atoms with van der Waals surface area (Å²) >= 11 is 0. The SMILES string of the molecule is CC(C)c1ccc(-c2cn3ncc(C#N)c3c(-c3ccc(N4CCN(C(=O)c5ccon5)CC4)nc3)n2)cc1. The molecule has 10 heteroatoms. The number of hydrogen-bond donors (Lipinski definition) is 0. The molecule has 0 unspecified atom stereocenters. The van der Waals surface area contributed by atoms with Crippen LogP contribution in [-0.2, 0) is 0 Å². The summed E-state index contributed by atoms with van der Waals surface area (Å²) < 4.78 is 6.51. The van der Waals surface area contributed by atoms with Crippen LogP contribution in [0.25, 0.3) is 28.0 Å². The molecule has 4 aromatic heterocycles. The van der Waals surface area contributed by atoms with E-state index in [1.165, 1.54) is 11.8 Å². The summed E-state index contributed by atoms with van der Waals surface area (Å²) in [5.74, 6) is 1.13. The molecule has 194 valence electrons. The molecule has 1 amide bonds. The van der Waals surface area contributed by atoms with Crippen LogP contribution in [0.1, 0.15) is 41.4 Å². The van der Waals surface area contributed by atoms with Gasteiger partial charge >= 0.3 is 0 Å². The van der Waals surface area contributed by atoms with Crippen LogP contribution in [0.4, 0.5) is 5.82 Å². The zero-order valence-corrected chi connectivity index (χ0v) is 21.7. The average molecular weight is 519 g/mol. The number of benzene rings is 1. The van der Waals surface area contributed by atoms with Crippen LogP contribution in [0.2, 0.25) is 0 Å². The first-order chi connectivity index (χ1) is 19.0. The van der Waals surface area contributed by atoms with Gasteiger partial charge in [0.1, 0.15) is 29.2 Å². The molecule has 1 saturated heterocycles. The monoisotopic (exact) mass is 518 g/mol. The Kier molecular flexibility index (Phi) is 6.25. The van der Waals surface area contributed by atoms with E-state index >= 15 is 0 Å². The summed E-state index contributed by atoms with van der Waals surface area (Å²) in [6, 6.07) is 16.1. The Morgan fingerprint density at radius 3 is 2.41 bits per heavy atom. The van der Waals surface area contributed by atoms with Gasteiger partial charge in [0.2, 0.25) is 0 Å². The molecule has 10 nitrogen and oxygen atoms in total. The van der Waals surface area contributed by atoms with Crippen molar-refractivity contribution in [1.82, 2.24) is 29.6 Å². The van der Waals surface area contributed by atoms with Gasteiger partial charge in [-0.25, -0.2) is 14.5 Å². The summed E-state index contributed by atoms with van der Waals surface area (Å²) in [6.07, 6.45) is 6.60. The Hall–Kier alpha value is -5.04. The molecule has 1 aromatic carbocycles. The number of hydrogen-bond acceptors (Lipinski definition) is 8. The maximum atomic E-state index is 12.6. The fourth-order valence-corrected chi connectivity index (χ4v) is 4.81. The molecular formula is C29H26N8O2. The van der Waals surface area contributed by atoms with E-state index in [9.17, 15) is 10.1 Å². The highest BCUT2D eigenvalue weighted by Gasteiger charge is 2.24. The van der Waals surface area contributed by atoms with Gasteiger partial charge in [0, 0.05) is 49.6 Å². The Bertz CT molecular complexity index is 1660. The van der Waals surface area contributed by atoms with Gasteiger partial charge in [-0.1, -0.05) is 43.3 Å². The van der Waals surface area contributed by atoms with E-state index in [2.05, 4.69) is 59.3 Å². The van der Waals surface area contributed by atoms with Crippen molar-refractivity contribution in [3.8, 4) is 28.6 Å². The number of carbonyl (C=O) groups excluding carboxylic acids is 1. The number of carbonyl (C=O) groups is 1. The van der Waals surface area contributed by atoms with Gasteiger partial charge in [-0.3, -0.25) is 4.79 Å². The molecule has 0 saturated carbocycles. The van der Waals surface area contributed by atoms with Crippen LogP contribution >= 0.6 is 0 Å². The first kappa shape index (κ1) is 24.3. The van der Waals surface area contributed by atoms with E-state index in [1.807, 2.05) is 18.3 Å². The second-order valence-corrected chi connectivity index (χ2v) is 9.78. The van der Waals surface area contributed by atoms with Gasteiger partial charge in [0.15, 0.2) is 5.69 Å². The fourth-order valence-electron chi connectivity index (χ4n) is 4.81. The number of anilines is 1. The van der Waals surface area contributed by atoms with E-state index in [4.69, 9.17) is 14.5 Å². The van der Waals surface area contributed by atoms with Gasteiger partial charge in [0.05, 0.1) is 23.8 Å². The zero-order valence-electron chi connectivity index (χ0n) is 21.7. The quantitative estimate of drug-likeness (QED) is 0.336. The number of aromatic nitrogens is 5. The number of rotatable bonds is 5. The summed E-state index contributed by atoms with van der Waals surface area (Å²) in [7, 11) is 0. The van der Waals surface area contributed by atoms with Crippen molar-refractivity contribution < 1.29 is 9.32 Å². The maximum Gasteiger partial charge on any atom is 0.276 e. The van der Waals surface area contributed by atoms with Crippen LogP contribution in [-0.4, -0.2) is 61.7 Å². The molecule has 5 heterocycles. The highest BCUT2D eigenvalue weighted by atomic mass is 16.5. The van der Waals surface area contributed by atoms with Crippen LogP contribution < -0.4 is 4.90 Å². The lowest BCUT2D eigenvalue weighted by molar-refractivity contribution is 0.0736. The molecule has 0 atom stereocenters. The third-order valence-electron chi connectivity index (χ3n) is 7.06. The fraction of sp³-hybridized carbons (Fsp3) is 0.241. The number of pyridine rings is 1. The third-order valence-corrected chi connectivity index (χ3v) is 7.06. The summed E-state index contributed by atoms with van der Waals surface area (Å²) in [5.41, 5.74) is 5.86. The molecule has 0 bridgehead atoms. The number of amides is 1. The van der Waals surface area contributed by atoms with Crippen molar-refractivity contribution in [2.45, 2.75) is 19.8 Å². The first-order valence-corrected chi connectivity index (χ1v) is 12.8. The summed E-state index contributed by atoms with van der Waals surface area (Å²) in [5, 5.41) is 17.9. The van der Waals surface area contributed by atoms with Gasteiger partial charge < -0.3 is 14.3 Å². The Morgan fingerprint density at radius 2 is 1.77 bits per heavy atom. The predicted octanol–water partition coefficient (Wildman–Crippen LogP) is 4.40. The van der Waals surface area contributed by atoms with Gasteiger partial charge in [-0.05, 0) is 23.6 Å². The number of nitrogens with zero attached hydrogens (tertiary/aromatic N) is 8. The highest BCUT2D eigenvalue weighted by Crippen LogP contribution is 2.30. The molecular weight excluding hydrogens is 492 g/mol. The lowest BCUT2D eigenvalue weighted by atomic mass is 10.0. The molecule has 39 heavy (non-hydrogen) atoms. The highest BCUT2D eigenvalue weighted by molar-refractivity contribution is 5.92. The third kappa shape index (κ3) is 4.59. The van der Waals surface area contributed by atoms with Crippen molar-refractivity contribution in [3.05, 3.63) is 84.1 Å². The van der Waals surface area contributed by atoms with Crippen LogP contribution in [0, 0.1) is 11.3 Å². The van der Waals surface area contributed by atoms with E-state index in [-0.39, 0.29) is 5.91 Å². The molecule has 0 spiro atoms. The van der Waals surface area contributed by atoms with E-state index < -0.39 is 0 Å². The van der Waals surface area contributed by atoms with Crippen molar-refractivity contribution in [2.24, 2.45) is 0 Å². The Morgan fingerprint density at radius 1 is 1.00 bits per heavy atom. The van der Waals surface area contributed by atoms with E-state index in [0.29, 0.717) is 54.6 Å². The summed E-state index contributed by atoms with van der Waals surface area (Å²) in [4.78, 5) is 26.2. The molecule has 0 radical (unpaired) electrons. The van der Waals surface area contributed by atoms with Crippen molar-refractivity contribution >= 4 is 17.2 Å². The number of piperazine rings is 1. The first-order valence-electron chi connectivity index (χ1n) is 12.8. The topological polar surface area (TPSA) is 116 Å². The molecule has 0 N–H and O–H groups in total. The zero-order chi connectivity index (χ0) is 26.9. The van der Waals surface area contributed by atoms with E-state index in [1.54, 1.807) is 27.9 Å². The minimum absolute atomic E-state index is 0.130. The molecule has 1 aliphatic rings. The van der Waals surface area contributed by atoms with Crippen LogP contribution in [0.15, 0.2) is 71.8 Å². The normalized spacial score (nSPS) is 13.7. The van der Waals surface area contributed by atoms with E-state index in [0.717, 1.165) is 22.6 Å². The average Bonchev–Trinajstić information content (AvgIpc) is 3.67. The minimum atomic E-state index is -0.130. The van der Waals surface area contributed by atoms with Crippen molar-refractivity contribution in [2.75, 3.05) is 31.1 Å². The standard InChI is InChI=1S/C29H26N8O2/c1-19(2)20-3-5-21(6-4-20)25-18-37-28(23(15-30)17-32-37)27(33-25)22-7-8-26(31-16-22)35-10-12-36(13-11-35)29(38)24-9-14-39-34-24/h3-9,14,16-19H,10-13H2,1-2H3. The second kappa shape index (κ2) is 10.0. The molecule has 0 aliphatic carbocycles. The van der Waals surface area contributed by atoms with Gasteiger partial charge in [-0.15, -0.1) is 0 Å². The second-order valence-electron chi connectivity index (χ2n) is 9.78. The molecule has 5 aromatic rings. The predicted molar refractivity (Wildman–Crippen MR) is 145 cm³/mol. The molecule has 1 aliphatic heterocycles. The van der Waals surface area contributed by atoms with Crippen LogP contribution in [0.3, 0.4) is 0 Å². The number of nitriles is 1. The molecule has 6 rings (SSSR count). The number of fused-ring (bicyclic) bond motifs is 1. The Labute approximate surface area is 225 Å². The van der Waals surface area contributed by atoms with Crippen molar-refractivity contribution in [1.29, 1.82) is 5.26 Å². The lowest BCUT2D eigenvalue weighted by Gasteiger charge is -2.35. The maximum absolute atomic E-state index is 12.6. The smallest absolute Gasteiger partial charge is 0.276 e. The van der Waals surface area contributed by atoms with Gasteiger partial charge in [0.25, 0.3) is 5.91 Å². The van der Waals surface area contributed by atoms with Crippen LogP contribution in [0.5, 0.6) is 0 Å².